The van der Waals surface area contributed by atoms with Crippen molar-refractivity contribution in [1.82, 2.24) is 14.8 Å². The van der Waals surface area contributed by atoms with E-state index in [1.807, 2.05) is 30.3 Å². The molecule has 0 bridgehead atoms. The van der Waals surface area contributed by atoms with Crippen molar-refractivity contribution in [3.63, 3.8) is 0 Å². The summed E-state index contributed by atoms with van der Waals surface area (Å²) in [6.07, 6.45) is 1.55. The number of ether oxygens (including phenoxy) is 1. The Bertz CT molecular complexity index is 583. The van der Waals surface area contributed by atoms with E-state index >= 15 is 0 Å². The van der Waals surface area contributed by atoms with Crippen LogP contribution in [0.2, 0.25) is 0 Å². The van der Waals surface area contributed by atoms with Gasteiger partial charge in [0, 0.05) is 6.42 Å². The van der Waals surface area contributed by atoms with Crippen LogP contribution in [-0.4, -0.2) is 33.0 Å². The molecule has 1 aliphatic rings. The molecule has 3 rings (SSSR count). The van der Waals surface area contributed by atoms with Gasteiger partial charge in [-0.3, -0.25) is 4.79 Å². The van der Waals surface area contributed by atoms with Crippen molar-refractivity contribution in [2.24, 2.45) is 0 Å². The third-order valence-corrected chi connectivity index (χ3v) is 3.65. The van der Waals surface area contributed by atoms with E-state index in [1.54, 1.807) is 0 Å². The number of para-hydroxylation sites is 1. The third kappa shape index (κ3) is 2.78. The fourth-order valence-corrected chi connectivity index (χ4v) is 2.63. The highest BCUT2D eigenvalue weighted by Gasteiger charge is 2.23. The second kappa shape index (κ2) is 5.44. The van der Waals surface area contributed by atoms with E-state index in [-0.39, 0.29) is 5.91 Å². The lowest BCUT2D eigenvalue weighted by molar-refractivity contribution is 0.0923. The molecule has 0 amide bonds. The van der Waals surface area contributed by atoms with Gasteiger partial charge in [-0.05, 0) is 18.6 Å². The van der Waals surface area contributed by atoms with Gasteiger partial charge in [-0.25, -0.2) is 4.98 Å². The molecule has 1 aromatic heterocycles. The molecule has 0 N–H and O–H groups in total. The zero-order valence-corrected chi connectivity index (χ0v) is 11.1. The first kappa shape index (κ1) is 12.2. The number of rotatable bonds is 5. The van der Waals surface area contributed by atoms with Gasteiger partial charge in [-0.2, -0.15) is 4.68 Å². The molecule has 2 aromatic rings. The number of benzene rings is 1. The van der Waals surface area contributed by atoms with Gasteiger partial charge in [0.1, 0.15) is 5.75 Å². The molecular formula is C13H13N3O2S. The molecule has 0 atom stereocenters. The fraction of sp³-hybridized carbons (Fsp3) is 0.308. The van der Waals surface area contributed by atoms with E-state index in [4.69, 9.17) is 4.74 Å². The molecule has 0 aliphatic carbocycles. The molecule has 0 saturated carbocycles. The van der Waals surface area contributed by atoms with Crippen molar-refractivity contribution >= 4 is 17.7 Å². The van der Waals surface area contributed by atoms with E-state index in [1.165, 1.54) is 16.4 Å². The summed E-state index contributed by atoms with van der Waals surface area (Å²) in [5, 5.41) is 4.91. The molecule has 5 nitrogen and oxygen atoms in total. The van der Waals surface area contributed by atoms with Crippen LogP contribution < -0.4 is 4.74 Å². The molecule has 0 unspecified atom stereocenters. The van der Waals surface area contributed by atoms with E-state index in [9.17, 15) is 4.79 Å². The number of thioether (sulfide) groups is 1. The minimum atomic E-state index is 0.0132. The smallest absolute Gasteiger partial charge is 0.259 e. The van der Waals surface area contributed by atoms with Crippen LogP contribution >= 0.6 is 11.8 Å². The van der Waals surface area contributed by atoms with E-state index < -0.39 is 0 Å². The highest BCUT2D eigenvalue weighted by atomic mass is 32.2. The third-order valence-electron chi connectivity index (χ3n) is 2.74. The van der Waals surface area contributed by atoms with Crippen molar-refractivity contribution in [2.75, 3.05) is 12.4 Å². The number of aryl methyl sites for hydroxylation is 1. The van der Waals surface area contributed by atoms with Crippen LogP contribution in [0.3, 0.4) is 0 Å². The summed E-state index contributed by atoms with van der Waals surface area (Å²) < 4.78 is 6.99. The maximum atomic E-state index is 11.4. The van der Waals surface area contributed by atoms with Gasteiger partial charge in [0.25, 0.3) is 5.91 Å². The molecule has 0 radical (unpaired) electrons. The largest absolute Gasteiger partial charge is 0.494 e. The maximum absolute atomic E-state index is 11.4. The number of hydrogen-bond donors (Lipinski definition) is 0. The number of carbonyl (C=O) groups excluding carboxylic acids is 1. The second-order valence-corrected chi connectivity index (χ2v) is 5.11. The lowest BCUT2D eigenvalue weighted by Crippen LogP contribution is -2.09. The van der Waals surface area contributed by atoms with E-state index in [0.717, 1.165) is 18.6 Å². The molecule has 6 heteroatoms. The van der Waals surface area contributed by atoms with Crippen molar-refractivity contribution in [1.29, 1.82) is 0 Å². The zero-order valence-electron chi connectivity index (χ0n) is 10.3. The Morgan fingerprint density at radius 2 is 2.16 bits per heavy atom. The Morgan fingerprint density at radius 3 is 2.95 bits per heavy atom. The van der Waals surface area contributed by atoms with Crippen LogP contribution in [0.1, 0.15) is 17.0 Å². The van der Waals surface area contributed by atoms with Gasteiger partial charge in [0.15, 0.2) is 11.0 Å². The molecule has 0 saturated heterocycles. The summed E-state index contributed by atoms with van der Waals surface area (Å²) >= 11 is 1.44. The van der Waals surface area contributed by atoms with Gasteiger partial charge >= 0.3 is 0 Å². The predicted molar refractivity (Wildman–Crippen MR) is 71.6 cm³/mol. The summed E-state index contributed by atoms with van der Waals surface area (Å²) in [5.74, 6) is 2.05. The highest BCUT2D eigenvalue weighted by molar-refractivity contribution is 8.00. The minimum Gasteiger partial charge on any atom is -0.494 e. The number of carbonyl (C=O) groups is 1. The van der Waals surface area contributed by atoms with Crippen LogP contribution in [0.5, 0.6) is 5.75 Å². The van der Waals surface area contributed by atoms with Gasteiger partial charge < -0.3 is 4.74 Å². The van der Waals surface area contributed by atoms with Crippen LogP contribution in [-0.2, 0) is 6.42 Å². The number of nitrogens with zero attached hydrogens (tertiary/aromatic N) is 3. The normalized spacial score (nSPS) is 13.6. The lowest BCUT2D eigenvalue weighted by Gasteiger charge is -2.04. The topological polar surface area (TPSA) is 57.0 Å². The summed E-state index contributed by atoms with van der Waals surface area (Å²) in [5.41, 5.74) is 0. The Hall–Kier alpha value is -1.82. The Labute approximate surface area is 115 Å². The Morgan fingerprint density at radius 1 is 1.32 bits per heavy atom. The minimum absolute atomic E-state index is 0.0132. The standard InChI is InChI=1S/C13H13N3O2S/c17-12-9-19-13-14-11(15-16(12)13)7-4-8-18-10-5-2-1-3-6-10/h1-3,5-6H,4,7-9H2. The first-order valence-electron chi connectivity index (χ1n) is 6.13. The van der Waals surface area contributed by atoms with Gasteiger partial charge in [0.2, 0.25) is 0 Å². The Balaban J connectivity index is 1.48. The molecule has 0 spiro atoms. The molecule has 0 fully saturated rings. The number of fused-ring (bicyclic) bond motifs is 1. The van der Waals surface area contributed by atoms with Gasteiger partial charge in [-0.15, -0.1) is 5.10 Å². The average molecular weight is 275 g/mol. The van der Waals surface area contributed by atoms with Crippen LogP contribution in [0.15, 0.2) is 35.5 Å². The Kier molecular flexibility index (Phi) is 3.50. The molecular weight excluding hydrogens is 262 g/mol. The monoisotopic (exact) mass is 275 g/mol. The van der Waals surface area contributed by atoms with Crippen molar-refractivity contribution in [2.45, 2.75) is 18.0 Å². The number of aromatic nitrogens is 3. The maximum Gasteiger partial charge on any atom is 0.259 e. The summed E-state index contributed by atoms with van der Waals surface area (Å²) in [6, 6.07) is 9.70. The zero-order chi connectivity index (χ0) is 13.1. The predicted octanol–water partition coefficient (Wildman–Crippen LogP) is 2.04. The summed E-state index contributed by atoms with van der Waals surface area (Å²) in [4.78, 5) is 15.7. The molecule has 19 heavy (non-hydrogen) atoms. The second-order valence-electron chi connectivity index (χ2n) is 4.17. The van der Waals surface area contributed by atoms with Crippen LogP contribution in [0, 0.1) is 0 Å². The van der Waals surface area contributed by atoms with Crippen molar-refractivity contribution < 1.29 is 9.53 Å². The molecule has 2 heterocycles. The van der Waals surface area contributed by atoms with Gasteiger partial charge in [0.05, 0.1) is 12.4 Å². The van der Waals surface area contributed by atoms with E-state index in [2.05, 4.69) is 10.1 Å². The first-order valence-corrected chi connectivity index (χ1v) is 7.11. The summed E-state index contributed by atoms with van der Waals surface area (Å²) in [7, 11) is 0. The van der Waals surface area contributed by atoms with Gasteiger partial charge in [-0.1, -0.05) is 30.0 Å². The first-order chi connectivity index (χ1) is 9.33. The molecule has 98 valence electrons. The number of hydrogen-bond acceptors (Lipinski definition) is 5. The van der Waals surface area contributed by atoms with Crippen molar-refractivity contribution in [3.05, 3.63) is 36.2 Å². The van der Waals surface area contributed by atoms with Crippen LogP contribution in [0.25, 0.3) is 0 Å². The van der Waals surface area contributed by atoms with E-state index in [0.29, 0.717) is 23.3 Å². The van der Waals surface area contributed by atoms with Crippen molar-refractivity contribution in [3.8, 4) is 5.75 Å². The van der Waals surface area contributed by atoms with Crippen LogP contribution in [0.4, 0.5) is 0 Å². The fourth-order valence-electron chi connectivity index (χ4n) is 1.82. The average Bonchev–Trinajstić information content (AvgIpc) is 2.99. The molecule has 1 aromatic carbocycles. The molecule has 1 aliphatic heterocycles. The highest BCUT2D eigenvalue weighted by Crippen LogP contribution is 2.22. The summed E-state index contributed by atoms with van der Waals surface area (Å²) in [6.45, 7) is 0.620. The quantitative estimate of drug-likeness (QED) is 0.781. The SMILES string of the molecule is O=C1CSc2nc(CCCOc3ccccc3)nn21. The lowest BCUT2D eigenvalue weighted by atomic mass is 10.3.